The summed E-state index contributed by atoms with van der Waals surface area (Å²) in [5.41, 5.74) is 6.46. The molecule has 1 aromatic carbocycles. The van der Waals surface area contributed by atoms with E-state index in [2.05, 4.69) is 20.3 Å². The number of halogens is 1. The lowest BCUT2D eigenvalue weighted by molar-refractivity contribution is 0.312. The van der Waals surface area contributed by atoms with Crippen molar-refractivity contribution < 1.29 is 4.74 Å². The zero-order valence-electron chi connectivity index (χ0n) is 10.6. The summed E-state index contributed by atoms with van der Waals surface area (Å²) in [4.78, 5) is 11.8. The second-order valence-corrected chi connectivity index (χ2v) is 4.10. The first kappa shape index (κ1) is 13.8. The van der Waals surface area contributed by atoms with Gasteiger partial charge in [0.25, 0.3) is 0 Å². The molecular formula is C12H11ClN6O. The average Bonchev–Trinajstić information content (AvgIpc) is 2.38. The van der Waals surface area contributed by atoms with E-state index in [0.29, 0.717) is 22.9 Å². The van der Waals surface area contributed by atoms with Crippen LogP contribution in [-0.4, -0.2) is 21.6 Å². The lowest BCUT2D eigenvalue weighted by Gasteiger charge is -2.08. The topological polar surface area (TPSA) is 110 Å². The van der Waals surface area contributed by atoms with Crippen LogP contribution in [0.1, 0.15) is 12.5 Å². The number of anilines is 3. The van der Waals surface area contributed by atoms with Gasteiger partial charge in [0.05, 0.1) is 17.9 Å². The first-order chi connectivity index (χ1) is 9.62. The Morgan fingerprint density at radius 2 is 2.20 bits per heavy atom. The van der Waals surface area contributed by atoms with Gasteiger partial charge in [-0.25, -0.2) is 0 Å². The third-order valence-electron chi connectivity index (χ3n) is 2.25. The van der Waals surface area contributed by atoms with Crippen LogP contribution in [0.15, 0.2) is 18.2 Å². The Morgan fingerprint density at radius 3 is 2.90 bits per heavy atom. The Hall–Kier alpha value is -2.59. The Kier molecular flexibility index (Phi) is 4.17. The van der Waals surface area contributed by atoms with Crippen molar-refractivity contribution in [2.75, 3.05) is 17.7 Å². The number of nitrogens with two attached hydrogens (primary N) is 1. The highest BCUT2D eigenvalue weighted by molar-refractivity contribution is 6.30. The van der Waals surface area contributed by atoms with Crippen LogP contribution in [0.25, 0.3) is 0 Å². The molecule has 3 N–H and O–H groups in total. The van der Waals surface area contributed by atoms with Gasteiger partial charge in [-0.2, -0.15) is 20.2 Å². The van der Waals surface area contributed by atoms with E-state index in [1.165, 1.54) is 0 Å². The molecule has 1 heterocycles. The lowest BCUT2D eigenvalue weighted by atomic mass is 10.2. The third-order valence-corrected chi connectivity index (χ3v) is 2.49. The van der Waals surface area contributed by atoms with Gasteiger partial charge in [0, 0.05) is 5.02 Å². The Balaban J connectivity index is 2.35. The van der Waals surface area contributed by atoms with Crippen molar-refractivity contribution in [2.45, 2.75) is 6.92 Å². The highest BCUT2D eigenvalue weighted by Crippen LogP contribution is 2.23. The smallest absolute Gasteiger partial charge is 0.323 e. The second kappa shape index (κ2) is 6.04. The first-order valence-electron chi connectivity index (χ1n) is 5.73. The number of benzene rings is 1. The van der Waals surface area contributed by atoms with Crippen LogP contribution < -0.4 is 15.8 Å². The van der Waals surface area contributed by atoms with E-state index in [0.717, 1.165) is 0 Å². The van der Waals surface area contributed by atoms with Gasteiger partial charge >= 0.3 is 6.01 Å². The molecule has 8 heteroatoms. The van der Waals surface area contributed by atoms with Gasteiger partial charge in [0.2, 0.25) is 11.9 Å². The Labute approximate surface area is 120 Å². The summed E-state index contributed by atoms with van der Waals surface area (Å²) in [7, 11) is 0. The van der Waals surface area contributed by atoms with Crippen LogP contribution in [0.3, 0.4) is 0 Å². The number of nitrogens with zero attached hydrogens (tertiary/aromatic N) is 4. The SMILES string of the molecule is CCOc1nc(N)nc(Nc2cc(Cl)ccc2C#N)n1. The predicted octanol–water partition coefficient (Wildman–Crippen LogP) is 2.12. The van der Waals surface area contributed by atoms with Crippen LogP contribution >= 0.6 is 11.6 Å². The van der Waals surface area contributed by atoms with Gasteiger partial charge in [-0.3, -0.25) is 0 Å². The van der Waals surface area contributed by atoms with Crippen molar-refractivity contribution in [1.82, 2.24) is 15.0 Å². The number of nitrogen functional groups attached to an aromatic ring is 1. The minimum atomic E-state index is 0.0199. The van der Waals surface area contributed by atoms with Crippen molar-refractivity contribution in [3.63, 3.8) is 0 Å². The van der Waals surface area contributed by atoms with Crippen LogP contribution in [0, 0.1) is 11.3 Å². The standard InChI is InChI=1S/C12H11ClN6O/c1-2-20-12-18-10(15)17-11(19-12)16-9-5-8(13)4-3-7(9)6-14/h3-5H,2H2,1H3,(H3,15,16,17,18,19). The monoisotopic (exact) mass is 290 g/mol. The van der Waals surface area contributed by atoms with Gasteiger partial charge < -0.3 is 15.8 Å². The quantitative estimate of drug-likeness (QED) is 0.887. The molecule has 0 aliphatic heterocycles. The summed E-state index contributed by atoms with van der Waals surface area (Å²) in [5.74, 6) is 0.200. The van der Waals surface area contributed by atoms with Crippen molar-refractivity contribution in [3.05, 3.63) is 28.8 Å². The van der Waals surface area contributed by atoms with E-state index in [-0.39, 0.29) is 17.9 Å². The normalized spacial score (nSPS) is 9.85. The number of nitrogens with one attached hydrogen (secondary N) is 1. The Morgan fingerprint density at radius 1 is 1.40 bits per heavy atom. The van der Waals surface area contributed by atoms with Crippen LogP contribution in [-0.2, 0) is 0 Å². The fourth-order valence-electron chi connectivity index (χ4n) is 1.46. The van der Waals surface area contributed by atoms with E-state index < -0.39 is 0 Å². The highest BCUT2D eigenvalue weighted by atomic mass is 35.5. The molecule has 20 heavy (non-hydrogen) atoms. The van der Waals surface area contributed by atoms with E-state index in [1.54, 1.807) is 25.1 Å². The van der Waals surface area contributed by atoms with Gasteiger partial charge in [-0.05, 0) is 25.1 Å². The van der Waals surface area contributed by atoms with E-state index in [9.17, 15) is 0 Å². The number of hydrogen-bond acceptors (Lipinski definition) is 7. The molecule has 0 amide bonds. The fraction of sp³-hybridized carbons (Fsp3) is 0.167. The maximum absolute atomic E-state index is 9.05. The zero-order valence-corrected chi connectivity index (χ0v) is 11.3. The maximum Gasteiger partial charge on any atom is 0.323 e. The molecule has 0 saturated carbocycles. The molecule has 0 aliphatic rings. The molecule has 7 nitrogen and oxygen atoms in total. The molecule has 2 rings (SSSR count). The summed E-state index contributed by atoms with van der Waals surface area (Å²) in [6.07, 6.45) is 0. The van der Waals surface area contributed by atoms with E-state index in [4.69, 9.17) is 27.3 Å². The average molecular weight is 291 g/mol. The van der Waals surface area contributed by atoms with Gasteiger partial charge in [-0.1, -0.05) is 11.6 Å². The molecule has 0 aliphatic carbocycles. The maximum atomic E-state index is 9.05. The van der Waals surface area contributed by atoms with Crippen LogP contribution in [0.5, 0.6) is 6.01 Å². The summed E-state index contributed by atoms with van der Waals surface area (Å²) in [6, 6.07) is 6.97. The summed E-state index contributed by atoms with van der Waals surface area (Å²) >= 11 is 5.90. The Bertz CT molecular complexity index is 669. The van der Waals surface area contributed by atoms with Gasteiger partial charge in [0.15, 0.2) is 0 Å². The molecule has 1 aromatic heterocycles. The van der Waals surface area contributed by atoms with Crippen molar-refractivity contribution in [3.8, 4) is 12.1 Å². The minimum absolute atomic E-state index is 0.0199. The van der Waals surface area contributed by atoms with E-state index in [1.807, 2.05) is 6.07 Å². The van der Waals surface area contributed by atoms with Crippen molar-refractivity contribution >= 4 is 29.2 Å². The molecular weight excluding hydrogens is 280 g/mol. The summed E-state index contributed by atoms with van der Waals surface area (Å²) in [6.45, 7) is 2.21. The number of hydrogen-bond donors (Lipinski definition) is 2. The molecule has 0 radical (unpaired) electrons. The number of ether oxygens (including phenoxy) is 1. The number of aromatic nitrogens is 3. The summed E-state index contributed by atoms with van der Waals surface area (Å²) in [5, 5.41) is 12.4. The fourth-order valence-corrected chi connectivity index (χ4v) is 1.63. The molecule has 102 valence electrons. The van der Waals surface area contributed by atoms with Crippen molar-refractivity contribution in [2.24, 2.45) is 0 Å². The second-order valence-electron chi connectivity index (χ2n) is 3.66. The molecule has 2 aromatic rings. The number of rotatable bonds is 4. The summed E-state index contributed by atoms with van der Waals surface area (Å²) < 4.78 is 5.17. The van der Waals surface area contributed by atoms with Crippen LogP contribution in [0.4, 0.5) is 17.6 Å². The van der Waals surface area contributed by atoms with Gasteiger partial charge in [0.1, 0.15) is 6.07 Å². The third kappa shape index (κ3) is 3.24. The lowest BCUT2D eigenvalue weighted by Crippen LogP contribution is -2.07. The van der Waals surface area contributed by atoms with E-state index >= 15 is 0 Å². The zero-order chi connectivity index (χ0) is 14.5. The molecule has 0 saturated heterocycles. The first-order valence-corrected chi connectivity index (χ1v) is 6.11. The minimum Gasteiger partial charge on any atom is -0.464 e. The highest BCUT2D eigenvalue weighted by Gasteiger charge is 2.08. The van der Waals surface area contributed by atoms with Crippen molar-refractivity contribution in [1.29, 1.82) is 5.26 Å². The molecule has 0 spiro atoms. The van der Waals surface area contributed by atoms with Gasteiger partial charge in [-0.15, -0.1) is 0 Å². The predicted molar refractivity (Wildman–Crippen MR) is 74.9 cm³/mol. The molecule has 0 fully saturated rings. The molecule has 0 bridgehead atoms. The largest absolute Gasteiger partial charge is 0.464 e. The molecule has 0 atom stereocenters. The number of nitriles is 1. The molecule has 0 unspecified atom stereocenters. The van der Waals surface area contributed by atoms with Crippen LogP contribution in [0.2, 0.25) is 5.02 Å².